The number of sulfonamides is 2. The van der Waals surface area contributed by atoms with Gasteiger partial charge in [0.25, 0.3) is 37.4 Å². The van der Waals surface area contributed by atoms with Crippen molar-refractivity contribution in [3.63, 3.8) is 0 Å². The molecule has 3 heterocycles. The maximum absolute atomic E-state index is 12.8. The van der Waals surface area contributed by atoms with Crippen molar-refractivity contribution in [3.05, 3.63) is 106 Å². The fraction of sp³-hybridized carbons (Fsp3) is 0.0714. The first-order chi connectivity index (χ1) is 21.9. The zero-order valence-electron chi connectivity index (χ0n) is 23.3. The summed E-state index contributed by atoms with van der Waals surface area (Å²) in [5, 5.41) is 23.4. The summed E-state index contributed by atoms with van der Waals surface area (Å²) >= 11 is 0. The molecule has 2 amide bonds. The van der Waals surface area contributed by atoms with Crippen LogP contribution in [0.15, 0.2) is 109 Å². The number of benzene rings is 3. The van der Waals surface area contributed by atoms with Gasteiger partial charge >= 0.3 is 0 Å². The number of azo groups is 1. The average Bonchev–Trinajstić information content (AvgIpc) is 3.46. The number of rotatable bonds is 7. The van der Waals surface area contributed by atoms with Crippen molar-refractivity contribution in [1.82, 2.24) is 18.8 Å². The number of carbonyl (C=O) groups excluding carboxylic acids is 2. The SMILES string of the molecule is N#CC1=C(N)n2[nH]c(=O)c(N=Nc3ccc(S(=O)(=O)NC(=O)CN4C(=O)c5ccccc5S4(=O)=O)cc3)c2NC1c1ccccc1. The van der Waals surface area contributed by atoms with Crippen molar-refractivity contribution < 1.29 is 26.4 Å². The maximum Gasteiger partial charge on any atom is 0.294 e. The third-order valence-corrected chi connectivity index (χ3v) is 10.3. The molecule has 0 fully saturated rings. The van der Waals surface area contributed by atoms with Crippen LogP contribution in [0.5, 0.6) is 0 Å². The number of anilines is 1. The first-order valence-electron chi connectivity index (χ1n) is 13.2. The van der Waals surface area contributed by atoms with E-state index in [-0.39, 0.29) is 43.9 Å². The van der Waals surface area contributed by atoms with Gasteiger partial charge in [0.1, 0.15) is 23.3 Å². The number of hydrogen-bond acceptors (Lipinski definition) is 12. The molecule has 0 radical (unpaired) electrons. The molecule has 5 N–H and O–H groups in total. The molecule has 0 saturated heterocycles. The van der Waals surface area contributed by atoms with Crippen LogP contribution >= 0.6 is 0 Å². The quantitative estimate of drug-likeness (QED) is 0.210. The lowest BCUT2D eigenvalue weighted by Gasteiger charge is -2.26. The largest absolute Gasteiger partial charge is 0.383 e. The van der Waals surface area contributed by atoms with E-state index in [0.29, 0.717) is 9.87 Å². The molecular formula is C28H21N9O7S2. The number of nitrogens with two attached hydrogens (primary N) is 1. The summed E-state index contributed by atoms with van der Waals surface area (Å²) in [6, 6.07) is 20.5. The first-order valence-corrected chi connectivity index (χ1v) is 16.1. The van der Waals surface area contributed by atoms with E-state index < -0.39 is 50.0 Å². The molecule has 0 bridgehead atoms. The van der Waals surface area contributed by atoms with Crippen molar-refractivity contribution in [2.45, 2.75) is 15.8 Å². The van der Waals surface area contributed by atoms with Gasteiger partial charge in [0, 0.05) is 0 Å². The number of H-pyrrole nitrogens is 1. The van der Waals surface area contributed by atoms with Crippen LogP contribution in [0.1, 0.15) is 22.0 Å². The molecule has 4 aromatic rings. The number of aromatic nitrogens is 2. The molecule has 0 spiro atoms. The van der Waals surface area contributed by atoms with Crippen LogP contribution in [0.4, 0.5) is 17.2 Å². The van der Waals surface area contributed by atoms with Crippen LogP contribution < -0.4 is 21.3 Å². The second kappa shape index (κ2) is 11.1. The number of fused-ring (bicyclic) bond motifs is 2. The molecule has 1 aromatic heterocycles. The zero-order chi connectivity index (χ0) is 32.8. The highest BCUT2D eigenvalue weighted by Crippen LogP contribution is 2.37. The topological polar surface area (TPSA) is 242 Å². The van der Waals surface area contributed by atoms with Gasteiger partial charge in [-0.3, -0.25) is 19.5 Å². The third-order valence-electron chi connectivity index (χ3n) is 7.08. The Bertz CT molecular complexity index is 2300. The number of nitriles is 1. The highest BCUT2D eigenvalue weighted by molar-refractivity contribution is 7.90. The van der Waals surface area contributed by atoms with Gasteiger partial charge in [0.2, 0.25) is 0 Å². The van der Waals surface area contributed by atoms with Crippen molar-refractivity contribution in [2.24, 2.45) is 16.0 Å². The molecule has 0 saturated carbocycles. The van der Waals surface area contributed by atoms with Crippen LogP contribution in [0.2, 0.25) is 0 Å². The van der Waals surface area contributed by atoms with Crippen molar-refractivity contribution in [2.75, 3.05) is 11.9 Å². The highest BCUT2D eigenvalue weighted by atomic mass is 32.2. The lowest BCUT2D eigenvalue weighted by molar-refractivity contribution is -0.119. The Morgan fingerprint density at radius 3 is 2.35 bits per heavy atom. The number of hydrogen-bond donors (Lipinski definition) is 4. The number of carbonyl (C=O) groups is 2. The summed E-state index contributed by atoms with van der Waals surface area (Å²) in [6.45, 7) is -1.05. The second-order valence-electron chi connectivity index (χ2n) is 9.91. The molecule has 2 aliphatic heterocycles. The van der Waals surface area contributed by atoms with Crippen molar-refractivity contribution >= 4 is 54.9 Å². The van der Waals surface area contributed by atoms with E-state index in [1.165, 1.54) is 41.1 Å². The molecule has 1 atom stereocenters. The number of nitrogens with one attached hydrogen (secondary N) is 3. The monoisotopic (exact) mass is 659 g/mol. The van der Waals surface area contributed by atoms with Gasteiger partial charge in [-0.25, -0.2) is 30.5 Å². The van der Waals surface area contributed by atoms with Gasteiger partial charge in [0.15, 0.2) is 11.5 Å². The lowest BCUT2D eigenvalue weighted by atomic mass is 9.98. The average molecular weight is 660 g/mol. The van der Waals surface area contributed by atoms with Crippen molar-refractivity contribution in [1.29, 1.82) is 5.26 Å². The Kier molecular flexibility index (Phi) is 7.26. The van der Waals surface area contributed by atoms with Crippen LogP contribution in [0, 0.1) is 11.3 Å². The van der Waals surface area contributed by atoms with E-state index in [1.54, 1.807) is 29.0 Å². The van der Waals surface area contributed by atoms with Gasteiger partial charge in [-0.15, -0.1) is 5.11 Å². The van der Waals surface area contributed by atoms with Crippen LogP contribution in [0.3, 0.4) is 0 Å². The molecule has 1 unspecified atom stereocenters. The van der Waals surface area contributed by atoms with Gasteiger partial charge in [0.05, 0.1) is 27.8 Å². The Morgan fingerprint density at radius 2 is 1.67 bits per heavy atom. The molecule has 6 rings (SSSR count). The molecule has 18 heteroatoms. The maximum atomic E-state index is 12.8. The predicted molar refractivity (Wildman–Crippen MR) is 161 cm³/mol. The number of nitrogens with zero attached hydrogens (tertiary/aromatic N) is 5. The minimum absolute atomic E-state index is 0.00325. The minimum Gasteiger partial charge on any atom is -0.383 e. The minimum atomic E-state index is -4.48. The Labute approximate surface area is 260 Å². The second-order valence-corrected chi connectivity index (χ2v) is 13.4. The van der Waals surface area contributed by atoms with E-state index in [2.05, 4.69) is 26.7 Å². The van der Waals surface area contributed by atoms with Crippen LogP contribution in [0.25, 0.3) is 5.82 Å². The summed E-state index contributed by atoms with van der Waals surface area (Å²) in [5.41, 5.74) is 6.28. The van der Waals surface area contributed by atoms with Gasteiger partial charge < -0.3 is 11.1 Å². The number of amides is 2. The fourth-order valence-electron chi connectivity index (χ4n) is 4.88. The van der Waals surface area contributed by atoms with Crippen LogP contribution in [-0.4, -0.2) is 49.3 Å². The molecule has 2 aliphatic rings. The molecule has 0 aliphatic carbocycles. The molecule has 3 aromatic carbocycles. The summed E-state index contributed by atoms with van der Waals surface area (Å²) in [6.07, 6.45) is 0. The van der Waals surface area contributed by atoms with Crippen molar-refractivity contribution in [3.8, 4) is 6.07 Å². The summed E-state index contributed by atoms with van der Waals surface area (Å²) < 4.78 is 54.3. The van der Waals surface area contributed by atoms with E-state index in [4.69, 9.17) is 5.73 Å². The lowest BCUT2D eigenvalue weighted by Crippen LogP contribution is -2.42. The van der Waals surface area contributed by atoms with E-state index in [1.807, 2.05) is 6.07 Å². The normalized spacial score (nSPS) is 16.9. The number of aromatic amines is 1. The van der Waals surface area contributed by atoms with E-state index in [9.17, 15) is 36.5 Å². The Balaban J connectivity index is 1.18. The standard InChI is InChI=1S/C28H21N9O7S2/c29-14-20-23(16-6-2-1-3-7-16)31-26-24(27(39)34-37(26)25(20)30)33-32-17-10-12-18(13-11-17)45(41,42)35-22(38)15-36-28(40)19-8-4-5-9-21(19)46(36,43)44/h1-13,23,31H,15,30H2,(H,34,39)(H,35,38). The first kappa shape index (κ1) is 30.0. The smallest absolute Gasteiger partial charge is 0.294 e. The summed E-state index contributed by atoms with van der Waals surface area (Å²) in [5.74, 6) is -2.05. The van der Waals surface area contributed by atoms with Crippen LogP contribution in [-0.2, 0) is 24.8 Å². The van der Waals surface area contributed by atoms with Gasteiger partial charge in [-0.2, -0.15) is 10.4 Å². The molecule has 16 nitrogen and oxygen atoms in total. The molecular weight excluding hydrogens is 638 g/mol. The molecule has 46 heavy (non-hydrogen) atoms. The van der Waals surface area contributed by atoms with Gasteiger partial charge in [-0.1, -0.05) is 42.5 Å². The Morgan fingerprint density at radius 1 is 1.00 bits per heavy atom. The predicted octanol–water partition coefficient (Wildman–Crippen LogP) is 2.06. The van der Waals surface area contributed by atoms with E-state index >= 15 is 0 Å². The Hall–Kier alpha value is -6.06. The summed E-state index contributed by atoms with van der Waals surface area (Å²) in [4.78, 5) is 37.2. The summed E-state index contributed by atoms with van der Waals surface area (Å²) in [7, 11) is -8.81. The highest BCUT2D eigenvalue weighted by Gasteiger charge is 2.42. The third kappa shape index (κ3) is 5.08. The van der Waals surface area contributed by atoms with E-state index in [0.717, 1.165) is 12.1 Å². The fourth-order valence-corrected chi connectivity index (χ4v) is 7.38. The van der Waals surface area contributed by atoms with Gasteiger partial charge in [-0.05, 0) is 42.0 Å². The molecule has 232 valence electrons. The zero-order valence-corrected chi connectivity index (χ0v) is 24.9.